The fourth-order valence-corrected chi connectivity index (χ4v) is 3.18. The largest absolute Gasteiger partial charge is 0.507 e. The molecule has 1 aromatic rings. The summed E-state index contributed by atoms with van der Waals surface area (Å²) in [6, 6.07) is 7.01. The van der Waals surface area contributed by atoms with Crippen molar-refractivity contribution in [1.29, 1.82) is 0 Å². The van der Waals surface area contributed by atoms with Gasteiger partial charge >= 0.3 is 13.8 Å². The lowest BCUT2D eigenvalue weighted by atomic mass is 9.91. The van der Waals surface area contributed by atoms with Crippen molar-refractivity contribution in [3.8, 4) is 0 Å². The first-order valence-electron chi connectivity index (χ1n) is 5.65. The first-order valence-corrected chi connectivity index (χ1v) is 7.44. The second-order valence-corrected chi connectivity index (χ2v) is 6.08. The monoisotopic (exact) mass is 287 g/mol. The summed E-state index contributed by atoms with van der Waals surface area (Å²) in [5, 5.41) is 11.5. The molecule has 0 spiro atoms. The van der Waals surface area contributed by atoms with Crippen molar-refractivity contribution < 1.29 is 29.0 Å². The summed E-state index contributed by atoms with van der Waals surface area (Å²) >= 11 is 0. The van der Waals surface area contributed by atoms with E-state index in [1.54, 1.807) is 24.3 Å². The number of hydrogen-bond donors (Lipinski definition) is 4. The lowest BCUT2D eigenvalue weighted by Gasteiger charge is -2.32. The number of carbonyl (C=O) groups is 1. The van der Waals surface area contributed by atoms with Crippen LogP contribution in [0.3, 0.4) is 0 Å². The Morgan fingerprint density at radius 3 is 2.74 bits per heavy atom. The van der Waals surface area contributed by atoms with Gasteiger partial charge in [0.2, 0.25) is 0 Å². The minimum Gasteiger partial charge on any atom is -0.450 e. The van der Waals surface area contributed by atoms with Crippen molar-refractivity contribution in [2.45, 2.75) is 18.6 Å². The first kappa shape index (κ1) is 13.9. The Hall–Kier alpha value is -1.56. The normalized spacial score (nSPS) is 22.2. The average Bonchev–Trinajstić information content (AvgIpc) is 2.26. The summed E-state index contributed by atoms with van der Waals surface area (Å²) in [4.78, 5) is 28.8. The summed E-state index contributed by atoms with van der Waals surface area (Å²) in [7, 11) is -4.18. The van der Waals surface area contributed by atoms with Crippen LogP contribution in [-0.4, -0.2) is 33.4 Å². The zero-order valence-corrected chi connectivity index (χ0v) is 10.8. The molecule has 19 heavy (non-hydrogen) atoms. The molecule has 104 valence electrons. The van der Waals surface area contributed by atoms with Crippen molar-refractivity contribution in [3.05, 3.63) is 29.8 Å². The number of anilines is 1. The van der Waals surface area contributed by atoms with Crippen LogP contribution >= 0.6 is 7.60 Å². The topological polar surface area (TPSA) is 116 Å². The van der Waals surface area contributed by atoms with Crippen LogP contribution in [0.4, 0.5) is 10.5 Å². The Morgan fingerprint density at radius 2 is 2.11 bits per heavy atom. The molecule has 0 bridgehead atoms. The van der Waals surface area contributed by atoms with Crippen LogP contribution in [0, 0.1) is 0 Å². The standard InChI is InChI=1S/C11H14NO6P/c13-11(14)18-10-5-7(6-19(15,16)17)8-3-1-2-4-9(8)12-10/h1-4,7,10,12H,5-6H2,(H,13,14)(H2,15,16,17)/t7-,10-/m1/s1. The van der Waals surface area contributed by atoms with E-state index in [2.05, 4.69) is 10.1 Å². The van der Waals surface area contributed by atoms with Crippen molar-refractivity contribution in [1.82, 2.24) is 0 Å². The zero-order chi connectivity index (χ0) is 14.0. The molecule has 1 heterocycles. The number of nitrogens with one attached hydrogen (secondary N) is 1. The molecule has 4 N–H and O–H groups in total. The van der Waals surface area contributed by atoms with E-state index in [4.69, 9.17) is 14.9 Å². The predicted octanol–water partition coefficient (Wildman–Crippen LogP) is 1.78. The van der Waals surface area contributed by atoms with Crippen LogP contribution in [0.15, 0.2) is 24.3 Å². The second kappa shape index (κ2) is 5.21. The van der Waals surface area contributed by atoms with Crippen molar-refractivity contribution >= 4 is 19.4 Å². The van der Waals surface area contributed by atoms with Gasteiger partial charge in [-0.05, 0) is 11.6 Å². The molecule has 0 aliphatic carbocycles. The lowest BCUT2D eigenvalue weighted by Crippen LogP contribution is -2.33. The summed E-state index contributed by atoms with van der Waals surface area (Å²) in [6.07, 6.45) is -2.37. The summed E-state index contributed by atoms with van der Waals surface area (Å²) in [5.74, 6) is -0.442. The predicted molar refractivity (Wildman–Crippen MR) is 67.2 cm³/mol. The van der Waals surface area contributed by atoms with Gasteiger partial charge in [0.15, 0.2) is 6.23 Å². The molecule has 2 atom stereocenters. The van der Waals surface area contributed by atoms with Crippen LogP contribution in [-0.2, 0) is 9.30 Å². The van der Waals surface area contributed by atoms with E-state index in [9.17, 15) is 9.36 Å². The van der Waals surface area contributed by atoms with Crippen molar-refractivity contribution in [2.75, 3.05) is 11.5 Å². The lowest BCUT2D eigenvalue weighted by molar-refractivity contribution is 0.0554. The van der Waals surface area contributed by atoms with Crippen molar-refractivity contribution in [2.24, 2.45) is 0 Å². The molecule has 0 unspecified atom stereocenters. The molecule has 0 saturated heterocycles. The Balaban J connectivity index is 2.26. The second-order valence-electron chi connectivity index (χ2n) is 4.38. The summed E-state index contributed by atoms with van der Waals surface area (Å²) in [6.45, 7) is 0. The molecular weight excluding hydrogens is 273 g/mol. The molecule has 0 radical (unpaired) electrons. The van der Waals surface area contributed by atoms with E-state index in [-0.39, 0.29) is 12.6 Å². The van der Waals surface area contributed by atoms with E-state index >= 15 is 0 Å². The molecule has 2 rings (SSSR count). The number of fused-ring (bicyclic) bond motifs is 1. The molecule has 7 nitrogen and oxygen atoms in total. The summed E-state index contributed by atoms with van der Waals surface area (Å²) in [5.41, 5.74) is 1.40. The maximum Gasteiger partial charge on any atom is 0.507 e. The molecule has 1 aliphatic rings. The number of hydrogen-bond acceptors (Lipinski definition) is 4. The molecule has 1 aliphatic heterocycles. The molecule has 0 saturated carbocycles. The molecule has 8 heteroatoms. The van der Waals surface area contributed by atoms with E-state index in [1.165, 1.54) is 0 Å². The van der Waals surface area contributed by atoms with Gasteiger partial charge in [-0.25, -0.2) is 4.79 Å². The smallest absolute Gasteiger partial charge is 0.450 e. The number of para-hydroxylation sites is 1. The Labute approximate surface area is 109 Å². The molecular formula is C11H14NO6P. The first-order chi connectivity index (χ1) is 8.85. The minimum atomic E-state index is -4.18. The van der Waals surface area contributed by atoms with Crippen LogP contribution in [0.25, 0.3) is 0 Å². The number of ether oxygens (including phenoxy) is 1. The number of rotatable bonds is 3. The van der Waals surface area contributed by atoms with Crippen LogP contribution in [0.1, 0.15) is 17.9 Å². The van der Waals surface area contributed by atoms with Gasteiger partial charge in [-0.2, -0.15) is 0 Å². The maximum absolute atomic E-state index is 11.2. The molecule has 0 aromatic heterocycles. The van der Waals surface area contributed by atoms with Gasteiger partial charge in [-0.1, -0.05) is 18.2 Å². The van der Waals surface area contributed by atoms with Gasteiger partial charge in [0, 0.05) is 18.0 Å². The van der Waals surface area contributed by atoms with Gasteiger partial charge in [-0.3, -0.25) is 4.57 Å². The van der Waals surface area contributed by atoms with E-state index in [0.29, 0.717) is 5.69 Å². The maximum atomic E-state index is 11.2. The Kier molecular flexibility index (Phi) is 3.80. The number of benzene rings is 1. The molecule has 0 fully saturated rings. The highest BCUT2D eigenvalue weighted by Crippen LogP contribution is 2.45. The minimum absolute atomic E-state index is 0.189. The van der Waals surface area contributed by atoms with Gasteiger partial charge < -0.3 is 24.9 Å². The quantitative estimate of drug-likeness (QED) is 0.494. The number of carboxylic acid groups (broad SMARTS) is 1. The van der Waals surface area contributed by atoms with E-state index in [1.807, 2.05) is 0 Å². The van der Waals surface area contributed by atoms with E-state index < -0.39 is 25.9 Å². The molecule has 1 aromatic carbocycles. The molecule has 0 amide bonds. The highest BCUT2D eigenvalue weighted by Gasteiger charge is 2.32. The van der Waals surface area contributed by atoms with Crippen LogP contribution in [0.5, 0.6) is 0 Å². The highest BCUT2D eigenvalue weighted by atomic mass is 31.2. The highest BCUT2D eigenvalue weighted by molar-refractivity contribution is 7.51. The third-order valence-electron chi connectivity index (χ3n) is 2.92. The fraction of sp³-hybridized carbons (Fsp3) is 0.364. The van der Waals surface area contributed by atoms with Gasteiger partial charge in [-0.15, -0.1) is 0 Å². The van der Waals surface area contributed by atoms with E-state index in [0.717, 1.165) is 5.56 Å². The van der Waals surface area contributed by atoms with Gasteiger partial charge in [0.1, 0.15) is 0 Å². The fourth-order valence-electron chi connectivity index (χ4n) is 2.26. The summed E-state index contributed by atoms with van der Waals surface area (Å²) < 4.78 is 15.8. The van der Waals surface area contributed by atoms with Crippen LogP contribution in [0.2, 0.25) is 0 Å². The third-order valence-corrected chi connectivity index (χ3v) is 3.83. The zero-order valence-electron chi connectivity index (χ0n) is 9.89. The van der Waals surface area contributed by atoms with Crippen molar-refractivity contribution in [3.63, 3.8) is 0 Å². The van der Waals surface area contributed by atoms with Gasteiger partial charge in [0.05, 0.1) is 6.16 Å². The SMILES string of the molecule is O=C(O)O[C@@H]1C[C@H](CP(=O)(O)O)c2ccccc2N1. The average molecular weight is 287 g/mol. The Morgan fingerprint density at radius 1 is 1.42 bits per heavy atom. The third kappa shape index (κ3) is 3.70. The van der Waals surface area contributed by atoms with Crippen LogP contribution < -0.4 is 5.32 Å². The Bertz CT molecular complexity index is 528. The van der Waals surface area contributed by atoms with Gasteiger partial charge in [0.25, 0.3) is 0 Å².